The molecule has 5 nitrogen and oxygen atoms in total. The number of sulfonamides is 1. The number of aromatic nitrogens is 2. The van der Waals surface area contributed by atoms with Crippen LogP contribution in [-0.2, 0) is 29.4 Å². The van der Waals surface area contributed by atoms with Gasteiger partial charge in [-0.25, -0.2) is 17.1 Å². The normalized spacial score (nSPS) is 20.6. The van der Waals surface area contributed by atoms with Crippen LogP contribution in [0.25, 0.3) is 6.08 Å². The molecule has 34 heavy (non-hydrogen) atoms. The predicted molar refractivity (Wildman–Crippen MR) is 132 cm³/mol. The molecule has 2 heterocycles. The SMILES string of the molecule is CC(C)S(=O)(=O)N1CCC2=Cc3c(cnn3Cc3ccc(F)cc3)CC2(Cc2ccccc2)C1. The third-order valence-electron chi connectivity index (χ3n) is 7.18. The minimum Gasteiger partial charge on any atom is -0.261 e. The Morgan fingerprint density at radius 3 is 2.50 bits per heavy atom. The molecule has 178 valence electrons. The standard InChI is InChI=1S/C27H30FN3O2S/c1-20(2)34(32,33)30-13-12-24-14-26-23(16-27(24,19-30)15-21-6-4-3-5-7-21)17-29-31(26)18-22-8-10-25(28)11-9-22/h3-11,14,17,20H,12-13,15-16,18-19H2,1-2H3. The van der Waals surface area contributed by atoms with Crippen molar-refractivity contribution in [3.8, 4) is 0 Å². The van der Waals surface area contributed by atoms with Crippen molar-refractivity contribution in [2.45, 2.75) is 44.9 Å². The van der Waals surface area contributed by atoms with Crippen LogP contribution >= 0.6 is 0 Å². The van der Waals surface area contributed by atoms with E-state index in [4.69, 9.17) is 0 Å². The van der Waals surface area contributed by atoms with Crippen molar-refractivity contribution >= 4 is 16.1 Å². The van der Waals surface area contributed by atoms with E-state index in [2.05, 4.69) is 23.3 Å². The maximum Gasteiger partial charge on any atom is 0.216 e. The first kappa shape index (κ1) is 23.0. The van der Waals surface area contributed by atoms with Gasteiger partial charge in [0.1, 0.15) is 5.82 Å². The summed E-state index contributed by atoms with van der Waals surface area (Å²) in [6.45, 7) is 5.06. The Morgan fingerprint density at radius 1 is 1.06 bits per heavy atom. The minimum atomic E-state index is -3.34. The van der Waals surface area contributed by atoms with E-state index < -0.39 is 15.3 Å². The first-order valence-corrected chi connectivity index (χ1v) is 13.3. The molecule has 1 unspecified atom stereocenters. The zero-order chi connectivity index (χ0) is 23.9. The minimum absolute atomic E-state index is 0.248. The summed E-state index contributed by atoms with van der Waals surface area (Å²) >= 11 is 0. The maximum atomic E-state index is 13.3. The van der Waals surface area contributed by atoms with E-state index >= 15 is 0 Å². The predicted octanol–water partition coefficient (Wildman–Crippen LogP) is 4.68. The van der Waals surface area contributed by atoms with Crippen molar-refractivity contribution in [3.05, 3.63) is 94.6 Å². The monoisotopic (exact) mass is 479 g/mol. The number of rotatable bonds is 6. The lowest BCUT2D eigenvalue weighted by molar-refractivity contribution is 0.208. The summed E-state index contributed by atoms with van der Waals surface area (Å²) in [6, 6.07) is 16.8. The summed E-state index contributed by atoms with van der Waals surface area (Å²) in [5, 5.41) is 4.21. The van der Waals surface area contributed by atoms with Crippen LogP contribution in [0, 0.1) is 11.2 Å². The molecule has 5 rings (SSSR count). The molecule has 2 aromatic carbocycles. The Balaban J connectivity index is 1.52. The van der Waals surface area contributed by atoms with E-state index in [9.17, 15) is 12.8 Å². The summed E-state index contributed by atoms with van der Waals surface area (Å²) < 4.78 is 43.2. The lowest BCUT2D eigenvalue weighted by Gasteiger charge is -2.46. The third kappa shape index (κ3) is 4.23. The molecule has 3 aromatic rings. The van der Waals surface area contributed by atoms with E-state index in [-0.39, 0.29) is 11.2 Å². The number of benzene rings is 2. The zero-order valence-corrected chi connectivity index (χ0v) is 20.4. The van der Waals surface area contributed by atoms with Gasteiger partial charge in [0, 0.05) is 18.5 Å². The third-order valence-corrected chi connectivity index (χ3v) is 9.40. The fraction of sp³-hybridized carbons (Fsp3) is 0.370. The summed E-state index contributed by atoms with van der Waals surface area (Å²) in [6.07, 6.45) is 6.38. The van der Waals surface area contributed by atoms with Gasteiger partial charge in [-0.1, -0.05) is 48.0 Å². The molecular formula is C27H30FN3O2S. The number of halogens is 1. The van der Waals surface area contributed by atoms with Crippen LogP contribution in [0.2, 0.25) is 0 Å². The molecule has 1 aliphatic carbocycles. The molecule has 0 N–H and O–H groups in total. The van der Waals surface area contributed by atoms with Gasteiger partial charge in [-0.3, -0.25) is 4.68 Å². The summed E-state index contributed by atoms with van der Waals surface area (Å²) in [7, 11) is -3.34. The second-order valence-electron chi connectivity index (χ2n) is 9.81. The van der Waals surface area contributed by atoms with Crippen LogP contribution in [-0.4, -0.2) is 40.8 Å². The molecule has 1 saturated heterocycles. The Kier molecular flexibility index (Phi) is 5.94. The summed E-state index contributed by atoms with van der Waals surface area (Å²) in [5.74, 6) is -0.248. The van der Waals surface area contributed by atoms with Crippen molar-refractivity contribution < 1.29 is 12.8 Å². The van der Waals surface area contributed by atoms with Crippen molar-refractivity contribution in [2.24, 2.45) is 5.41 Å². The van der Waals surface area contributed by atoms with Gasteiger partial charge < -0.3 is 0 Å². The quantitative estimate of drug-likeness (QED) is 0.516. The molecule has 7 heteroatoms. The largest absolute Gasteiger partial charge is 0.261 e. The molecule has 0 spiro atoms. The van der Waals surface area contributed by atoms with E-state index in [1.807, 2.05) is 29.1 Å². The lowest BCUT2D eigenvalue weighted by Crippen LogP contribution is -2.51. The molecule has 0 saturated carbocycles. The van der Waals surface area contributed by atoms with Gasteiger partial charge in [-0.05, 0) is 68.0 Å². The van der Waals surface area contributed by atoms with Gasteiger partial charge in [0.25, 0.3) is 0 Å². The van der Waals surface area contributed by atoms with Crippen molar-refractivity contribution in [1.29, 1.82) is 0 Å². The van der Waals surface area contributed by atoms with Crippen LogP contribution in [0.15, 0.2) is 66.4 Å². The molecule has 0 amide bonds. The molecule has 2 aliphatic rings. The highest BCUT2D eigenvalue weighted by molar-refractivity contribution is 7.89. The van der Waals surface area contributed by atoms with Crippen LogP contribution in [0.4, 0.5) is 4.39 Å². The number of hydrogen-bond acceptors (Lipinski definition) is 3. The highest BCUT2D eigenvalue weighted by atomic mass is 32.2. The Labute approximate surface area is 201 Å². The number of piperidine rings is 1. The molecule has 0 bridgehead atoms. The number of fused-ring (bicyclic) bond motifs is 2. The van der Waals surface area contributed by atoms with E-state index in [1.54, 1.807) is 30.3 Å². The fourth-order valence-corrected chi connectivity index (χ4v) is 6.68. The summed E-state index contributed by atoms with van der Waals surface area (Å²) in [5.41, 5.74) is 5.40. The first-order chi connectivity index (χ1) is 16.3. The average molecular weight is 480 g/mol. The molecule has 1 aliphatic heterocycles. The highest BCUT2D eigenvalue weighted by Crippen LogP contribution is 2.46. The first-order valence-electron chi connectivity index (χ1n) is 11.8. The Hall–Kier alpha value is -2.77. The van der Waals surface area contributed by atoms with Crippen LogP contribution < -0.4 is 0 Å². The molecule has 1 fully saturated rings. The van der Waals surface area contributed by atoms with Gasteiger partial charge in [-0.15, -0.1) is 0 Å². The Bertz CT molecular complexity index is 1310. The number of hydrogen-bond donors (Lipinski definition) is 0. The second-order valence-corrected chi connectivity index (χ2v) is 12.3. The topological polar surface area (TPSA) is 55.2 Å². The molecular weight excluding hydrogens is 449 g/mol. The van der Waals surface area contributed by atoms with Gasteiger partial charge >= 0.3 is 0 Å². The van der Waals surface area contributed by atoms with Crippen LogP contribution in [0.5, 0.6) is 0 Å². The fourth-order valence-electron chi connectivity index (χ4n) is 5.31. The van der Waals surface area contributed by atoms with Gasteiger partial charge in [-0.2, -0.15) is 5.10 Å². The number of nitrogens with zero attached hydrogens (tertiary/aromatic N) is 3. The molecule has 0 radical (unpaired) electrons. The smallest absolute Gasteiger partial charge is 0.216 e. The molecule has 1 atom stereocenters. The van der Waals surface area contributed by atoms with E-state index in [0.29, 0.717) is 26.1 Å². The highest BCUT2D eigenvalue weighted by Gasteiger charge is 2.46. The van der Waals surface area contributed by atoms with Crippen molar-refractivity contribution in [3.63, 3.8) is 0 Å². The van der Waals surface area contributed by atoms with Gasteiger partial charge in [0.05, 0.1) is 23.7 Å². The average Bonchev–Trinajstić information content (AvgIpc) is 3.19. The van der Waals surface area contributed by atoms with E-state index in [1.165, 1.54) is 23.3 Å². The van der Waals surface area contributed by atoms with Gasteiger partial charge in [0.15, 0.2) is 0 Å². The van der Waals surface area contributed by atoms with Crippen molar-refractivity contribution in [2.75, 3.05) is 13.1 Å². The maximum absolute atomic E-state index is 13.3. The van der Waals surface area contributed by atoms with Crippen molar-refractivity contribution in [1.82, 2.24) is 14.1 Å². The Morgan fingerprint density at radius 2 is 1.79 bits per heavy atom. The second kappa shape index (κ2) is 8.78. The van der Waals surface area contributed by atoms with Crippen LogP contribution in [0.3, 0.4) is 0 Å². The summed E-state index contributed by atoms with van der Waals surface area (Å²) in [4.78, 5) is 0. The lowest BCUT2D eigenvalue weighted by atomic mass is 9.66. The van der Waals surface area contributed by atoms with E-state index in [0.717, 1.165) is 29.7 Å². The zero-order valence-electron chi connectivity index (χ0n) is 19.6. The van der Waals surface area contributed by atoms with Crippen LogP contribution in [0.1, 0.15) is 42.7 Å². The molecule has 1 aromatic heterocycles. The van der Waals surface area contributed by atoms with Gasteiger partial charge in [0.2, 0.25) is 10.0 Å².